The van der Waals surface area contributed by atoms with Crippen molar-refractivity contribution in [2.24, 2.45) is 0 Å². The second kappa shape index (κ2) is 6.64. The molecule has 1 unspecified atom stereocenters. The predicted molar refractivity (Wildman–Crippen MR) is 84.1 cm³/mol. The third kappa shape index (κ3) is 3.56. The molecule has 112 valence electrons. The fourth-order valence-corrected chi connectivity index (χ4v) is 2.48. The molecular formula is C18H22O3. The van der Waals surface area contributed by atoms with Gasteiger partial charge in [-0.05, 0) is 41.8 Å². The van der Waals surface area contributed by atoms with Crippen molar-refractivity contribution in [3.8, 4) is 11.5 Å². The van der Waals surface area contributed by atoms with Gasteiger partial charge in [-0.3, -0.25) is 0 Å². The third-order valence-electron chi connectivity index (χ3n) is 3.86. The molecule has 0 spiro atoms. The third-order valence-corrected chi connectivity index (χ3v) is 3.86. The van der Waals surface area contributed by atoms with Gasteiger partial charge in [0.05, 0.1) is 20.8 Å². The molecule has 0 aromatic heterocycles. The first-order chi connectivity index (χ1) is 10.1. The van der Waals surface area contributed by atoms with Crippen LogP contribution in [-0.4, -0.2) is 25.9 Å². The summed E-state index contributed by atoms with van der Waals surface area (Å²) in [6.45, 7) is 2.14. The Hall–Kier alpha value is -2.00. The van der Waals surface area contributed by atoms with E-state index in [0.717, 1.165) is 29.0 Å². The molecule has 0 fully saturated rings. The van der Waals surface area contributed by atoms with E-state index >= 15 is 0 Å². The molecule has 0 heterocycles. The molecule has 0 aliphatic rings. The Labute approximate surface area is 126 Å². The van der Waals surface area contributed by atoms with Gasteiger partial charge in [0.1, 0.15) is 11.5 Å². The average Bonchev–Trinajstić information content (AvgIpc) is 2.55. The molecule has 0 bridgehead atoms. The van der Waals surface area contributed by atoms with Crippen LogP contribution in [0.15, 0.2) is 48.5 Å². The van der Waals surface area contributed by atoms with Crippen LogP contribution in [0.4, 0.5) is 0 Å². The quantitative estimate of drug-likeness (QED) is 0.886. The minimum atomic E-state index is -0.335. The Balaban J connectivity index is 2.26. The van der Waals surface area contributed by atoms with Gasteiger partial charge < -0.3 is 14.6 Å². The summed E-state index contributed by atoms with van der Waals surface area (Å²) in [5.74, 6) is 1.66. The summed E-state index contributed by atoms with van der Waals surface area (Å²) < 4.78 is 10.4. The van der Waals surface area contributed by atoms with Crippen molar-refractivity contribution < 1.29 is 14.6 Å². The van der Waals surface area contributed by atoms with Crippen molar-refractivity contribution in [1.29, 1.82) is 0 Å². The lowest BCUT2D eigenvalue weighted by Crippen LogP contribution is -2.29. The first-order valence-corrected chi connectivity index (χ1v) is 6.99. The zero-order valence-electron chi connectivity index (χ0n) is 12.8. The van der Waals surface area contributed by atoms with Crippen LogP contribution in [0.1, 0.15) is 18.1 Å². The average molecular weight is 286 g/mol. The zero-order valence-corrected chi connectivity index (χ0v) is 12.8. The highest BCUT2D eigenvalue weighted by molar-refractivity contribution is 5.36. The predicted octanol–water partition coefficient (Wildman–Crippen LogP) is 3.20. The molecule has 0 saturated carbocycles. The van der Waals surface area contributed by atoms with Crippen LogP contribution in [0.5, 0.6) is 11.5 Å². The van der Waals surface area contributed by atoms with Gasteiger partial charge in [0.25, 0.3) is 0 Å². The maximum atomic E-state index is 9.89. The van der Waals surface area contributed by atoms with Gasteiger partial charge >= 0.3 is 0 Å². The number of hydrogen-bond acceptors (Lipinski definition) is 3. The SMILES string of the molecule is COc1ccc(C(C)(CO)Cc2cccc(OC)c2)cc1. The van der Waals surface area contributed by atoms with Gasteiger partial charge in [-0.1, -0.05) is 31.2 Å². The van der Waals surface area contributed by atoms with Gasteiger partial charge in [0.15, 0.2) is 0 Å². The molecule has 0 radical (unpaired) electrons. The fourth-order valence-electron chi connectivity index (χ4n) is 2.48. The molecule has 3 nitrogen and oxygen atoms in total. The van der Waals surface area contributed by atoms with E-state index in [2.05, 4.69) is 13.0 Å². The maximum Gasteiger partial charge on any atom is 0.119 e. The first-order valence-electron chi connectivity index (χ1n) is 6.99. The Kier molecular flexibility index (Phi) is 4.86. The molecule has 0 aliphatic carbocycles. The lowest BCUT2D eigenvalue weighted by molar-refractivity contribution is 0.204. The van der Waals surface area contributed by atoms with Gasteiger partial charge in [-0.15, -0.1) is 0 Å². The van der Waals surface area contributed by atoms with Crippen LogP contribution in [0.3, 0.4) is 0 Å². The molecule has 1 N–H and O–H groups in total. The molecule has 0 saturated heterocycles. The highest BCUT2D eigenvalue weighted by atomic mass is 16.5. The number of ether oxygens (including phenoxy) is 2. The molecule has 2 rings (SSSR count). The van der Waals surface area contributed by atoms with Gasteiger partial charge in [0, 0.05) is 5.41 Å². The smallest absolute Gasteiger partial charge is 0.119 e. The van der Waals surface area contributed by atoms with Gasteiger partial charge in [-0.2, -0.15) is 0 Å². The number of aliphatic hydroxyl groups excluding tert-OH is 1. The van der Waals surface area contributed by atoms with E-state index in [9.17, 15) is 5.11 Å². The fraction of sp³-hybridized carbons (Fsp3) is 0.333. The number of aliphatic hydroxyl groups is 1. The summed E-state index contributed by atoms with van der Waals surface area (Å²) in [6.07, 6.45) is 0.743. The van der Waals surface area contributed by atoms with Crippen molar-refractivity contribution in [2.75, 3.05) is 20.8 Å². The number of rotatable bonds is 6. The van der Waals surface area contributed by atoms with Crippen molar-refractivity contribution in [1.82, 2.24) is 0 Å². The second-order valence-corrected chi connectivity index (χ2v) is 5.48. The monoisotopic (exact) mass is 286 g/mol. The first kappa shape index (κ1) is 15.4. The molecule has 3 heteroatoms. The van der Waals surface area contributed by atoms with E-state index in [1.807, 2.05) is 42.5 Å². The number of benzene rings is 2. The Morgan fingerprint density at radius 1 is 0.952 bits per heavy atom. The summed E-state index contributed by atoms with van der Waals surface area (Å²) in [5, 5.41) is 9.89. The number of methoxy groups -OCH3 is 2. The lowest BCUT2D eigenvalue weighted by atomic mass is 9.78. The summed E-state index contributed by atoms with van der Waals surface area (Å²) in [5.41, 5.74) is 1.90. The minimum Gasteiger partial charge on any atom is -0.497 e. The van der Waals surface area contributed by atoms with Crippen LogP contribution >= 0.6 is 0 Å². The van der Waals surface area contributed by atoms with E-state index in [-0.39, 0.29) is 12.0 Å². The Bertz CT molecular complexity index is 577. The Morgan fingerprint density at radius 3 is 2.19 bits per heavy atom. The summed E-state index contributed by atoms with van der Waals surface area (Å²) in [7, 11) is 3.31. The molecule has 21 heavy (non-hydrogen) atoms. The molecule has 0 amide bonds. The number of hydrogen-bond donors (Lipinski definition) is 1. The second-order valence-electron chi connectivity index (χ2n) is 5.48. The topological polar surface area (TPSA) is 38.7 Å². The molecule has 0 aliphatic heterocycles. The molecule has 1 atom stereocenters. The Morgan fingerprint density at radius 2 is 1.62 bits per heavy atom. The zero-order chi connectivity index (χ0) is 15.3. The van der Waals surface area contributed by atoms with Gasteiger partial charge in [0.2, 0.25) is 0 Å². The van der Waals surface area contributed by atoms with Crippen LogP contribution in [0.2, 0.25) is 0 Å². The van der Waals surface area contributed by atoms with Crippen LogP contribution in [0.25, 0.3) is 0 Å². The van der Waals surface area contributed by atoms with Crippen molar-refractivity contribution in [3.05, 3.63) is 59.7 Å². The normalized spacial score (nSPS) is 13.5. The van der Waals surface area contributed by atoms with Crippen LogP contribution in [0, 0.1) is 0 Å². The van der Waals surface area contributed by atoms with Crippen molar-refractivity contribution >= 4 is 0 Å². The summed E-state index contributed by atoms with van der Waals surface area (Å²) in [6, 6.07) is 15.8. The summed E-state index contributed by atoms with van der Waals surface area (Å²) >= 11 is 0. The van der Waals surface area contributed by atoms with Crippen molar-refractivity contribution in [3.63, 3.8) is 0 Å². The highest BCUT2D eigenvalue weighted by Gasteiger charge is 2.26. The van der Waals surface area contributed by atoms with Crippen molar-refractivity contribution in [2.45, 2.75) is 18.8 Å². The van der Waals surface area contributed by atoms with E-state index in [1.54, 1.807) is 14.2 Å². The lowest BCUT2D eigenvalue weighted by Gasteiger charge is -2.28. The van der Waals surface area contributed by atoms with E-state index in [1.165, 1.54) is 0 Å². The maximum absolute atomic E-state index is 9.89. The minimum absolute atomic E-state index is 0.0799. The van der Waals surface area contributed by atoms with Crippen LogP contribution in [-0.2, 0) is 11.8 Å². The largest absolute Gasteiger partial charge is 0.497 e. The van der Waals surface area contributed by atoms with E-state index in [0.29, 0.717) is 0 Å². The highest BCUT2D eigenvalue weighted by Crippen LogP contribution is 2.30. The van der Waals surface area contributed by atoms with E-state index in [4.69, 9.17) is 9.47 Å². The standard InChI is InChI=1S/C18H22O3/c1-18(13-19,15-7-9-16(20-2)10-8-15)12-14-5-4-6-17(11-14)21-3/h4-11,19H,12-13H2,1-3H3. The molecule has 2 aromatic rings. The summed E-state index contributed by atoms with van der Waals surface area (Å²) in [4.78, 5) is 0. The van der Waals surface area contributed by atoms with Crippen LogP contribution < -0.4 is 9.47 Å². The van der Waals surface area contributed by atoms with E-state index < -0.39 is 0 Å². The molecule has 2 aromatic carbocycles. The van der Waals surface area contributed by atoms with Gasteiger partial charge in [-0.25, -0.2) is 0 Å². The molecular weight excluding hydrogens is 264 g/mol.